The first-order valence-corrected chi connectivity index (χ1v) is 10.8. The fraction of sp³-hybridized carbons (Fsp3) is 0.714. The van der Waals surface area contributed by atoms with Gasteiger partial charge < -0.3 is 10.0 Å². The predicted molar refractivity (Wildman–Crippen MR) is 108 cm³/mol. The zero-order valence-electron chi connectivity index (χ0n) is 17.0. The Kier molecular flexibility index (Phi) is 6.10. The second kappa shape index (κ2) is 8.75. The van der Waals surface area contributed by atoms with Crippen molar-refractivity contribution in [3.63, 3.8) is 0 Å². The molecule has 1 unspecified atom stereocenters. The van der Waals surface area contributed by atoms with E-state index in [1.807, 2.05) is 0 Å². The number of amides is 2. The minimum Gasteiger partial charge on any atom is -0.392 e. The first kappa shape index (κ1) is 20.2. The van der Waals surface area contributed by atoms with Crippen molar-refractivity contribution in [2.45, 2.75) is 51.0 Å². The van der Waals surface area contributed by atoms with Crippen molar-refractivity contribution in [3.05, 3.63) is 18.6 Å². The summed E-state index contributed by atoms with van der Waals surface area (Å²) in [5, 5.41) is 10.5. The molecule has 3 fully saturated rings. The Morgan fingerprint density at radius 2 is 1.72 bits per heavy atom. The number of piperazine rings is 1. The van der Waals surface area contributed by atoms with Gasteiger partial charge in [-0.1, -0.05) is 12.8 Å². The average Bonchev–Trinajstić information content (AvgIpc) is 3.16. The zero-order valence-corrected chi connectivity index (χ0v) is 17.0. The van der Waals surface area contributed by atoms with Gasteiger partial charge in [0.15, 0.2) is 0 Å². The highest BCUT2D eigenvalue weighted by Gasteiger charge is 2.44. The number of β-amino-alcohol motifs (C(OH)–C–C–N with tert-alkyl or cyclic N) is 1. The Morgan fingerprint density at radius 1 is 1.03 bits per heavy atom. The molecule has 3 aliphatic rings. The number of aromatic nitrogens is 2. The van der Waals surface area contributed by atoms with Crippen molar-refractivity contribution < 1.29 is 14.7 Å². The summed E-state index contributed by atoms with van der Waals surface area (Å²) < 4.78 is 0. The SMILES string of the molecule is O=C1CC2(CCCC2)CC(=O)N1CCC(O)CN1CCN(c2cnccn2)CC1. The van der Waals surface area contributed by atoms with Crippen molar-refractivity contribution in [1.29, 1.82) is 0 Å². The van der Waals surface area contributed by atoms with Crippen LogP contribution in [0.25, 0.3) is 0 Å². The van der Waals surface area contributed by atoms with E-state index in [1.165, 1.54) is 4.90 Å². The fourth-order valence-corrected chi connectivity index (χ4v) is 5.04. The van der Waals surface area contributed by atoms with Crippen LogP contribution in [0.5, 0.6) is 0 Å². The van der Waals surface area contributed by atoms with Crippen LogP contribution in [0.4, 0.5) is 5.82 Å². The number of aliphatic hydroxyl groups is 1. The summed E-state index contributed by atoms with van der Waals surface area (Å²) in [6.07, 6.45) is 10.3. The number of carbonyl (C=O) groups excluding carboxylic acids is 2. The van der Waals surface area contributed by atoms with Gasteiger partial charge in [-0.05, 0) is 24.7 Å². The molecule has 8 nitrogen and oxygen atoms in total. The van der Waals surface area contributed by atoms with Gasteiger partial charge in [0.2, 0.25) is 11.8 Å². The van der Waals surface area contributed by atoms with Crippen LogP contribution in [-0.4, -0.2) is 82.1 Å². The molecule has 0 aromatic carbocycles. The number of nitrogens with zero attached hydrogens (tertiary/aromatic N) is 5. The Labute approximate surface area is 171 Å². The largest absolute Gasteiger partial charge is 0.392 e. The third-order valence-corrected chi connectivity index (χ3v) is 6.72. The molecule has 3 heterocycles. The van der Waals surface area contributed by atoms with Gasteiger partial charge in [-0.2, -0.15) is 0 Å². The number of carbonyl (C=O) groups is 2. The topological polar surface area (TPSA) is 89.9 Å². The van der Waals surface area contributed by atoms with Gasteiger partial charge in [0, 0.05) is 64.5 Å². The van der Waals surface area contributed by atoms with Crippen LogP contribution < -0.4 is 4.90 Å². The number of likely N-dealkylation sites (tertiary alicyclic amines) is 1. The summed E-state index contributed by atoms with van der Waals surface area (Å²) in [6.45, 7) is 4.27. The number of anilines is 1. The highest BCUT2D eigenvalue weighted by molar-refractivity contribution is 5.98. The number of imide groups is 1. The maximum absolute atomic E-state index is 12.5. The smallest absolute Gasteiger partial charge is 0.229 e. The van der Waals surface area contributed by atoms with E-state index in [4.69, 9.17) is 0 Å². The van der Waals surface area contributed by atoms with E-state index in [0.717, 1.165) is 57.7 Å². The molecule has 1 aromatic heterocycles. The van der Waals surface area contributed by atoms with E-state index >= 15 is 0 Å². The van der Waals surface area contributed by atoms with E-state index in [0.29, 0.717) is 32.4 Å². The predicted octanol–water partition coefficient (Wildman–Crippen LogP) is 1.06. The number of hydrogen-bond donors (Lipinski definition) is 1. The van der Waals surface area contributed by atoms with E-state index in [-0.39, 0.29) is 17.2 Å². The summed E-state index contributed by atoms with van der Waals surface area (Å²) in [5.41, 5.74) is -0.0634. The standard InChI is InChI=1S/C21H31N5O3/c27-17(16-24-9-11-25(12-10-24)18-15-22-6-7-23-18)3-8-26-19(28)13-21(14-20(26)29)4-1-2-5-21/h6-7,15,17,27H,1-5,8-14,16H2. The van der Waals surface area contributed by atoms with Crippen LogP contribution in [0.15, 0.2) is 18.6 Å². The van der Waals surface area contributed by atoms with Crippen molar-refractivity contribution >= 4 is 17.6 Å². The maximum atomic E-state index is 12.5. The van der Waals surface area contributed by atoms with Crippen molar-refractivity contribution in [2.75, 3.05) is 44.2 Å². The number of rotatable bonds is 6. The monoisotopic (exact) mass is 401 g/mol. The normalized spacial score (nSPS) is 23.8. The lowest BCUT2D eigenvalue weighted by molar-refractivity contribution is -0.153. The van der Waals surface area contributed by atoms with Gasteiger partial charge in [0.25, 0.3) is 0 Å². The van der Waals surface area contributed by atoms with E-state index in [2.05, 4.69) is 19.8 Å². The highest BCUT2D eigenvalue weighted by atomic mass is 16.3. The molecule has 0 bridgehead atoms. The van der Waals surface area contributed by atoms with E-state index in [9.17, 15) is 14.7 Å². The molecule has 8 heteroatoms. The van der Waals surface area contributed by atoms with Crippen molar-refractivity contribution in [1.82, 2.24) is 19.8 Å². The second-order valence-corrected chi connectivity index (χ2v) is 8.79. The summed E-state index contributed by atoms with van der Waals surface area (Å²) >= 11 is 0. The third kappa shape index (κ3) is 4.75. The molecule has 1 spiro atoms. The zero-order chi connectivity index (χ0) is 20.3. The fourth-order valence-electron chi connectivity index (χ4n) is 5.04. The number of hydrogen-bond acceptors (Lipinski definition) is 7. The van der Waals surface area contributed by atoms with E-state index in [1.54, 1.807) is 18.6 Å². The lowest BCUT2D eigenvalue weighted by Crippen LogP contribution is -2.50. The lowest BCUT2D eigenvalue weighted by Gasteiger charge is -2.38. The van der Waals surface area contributed by atoms with Gasteiger partial charge in [-0.15, -0.1) is 0 Å². The summed E-state index contributed by atoms with van der Waals surface area (Å²) in [5.74, 6) is 0.788. The number of piperidine rings is 1. The summed E-state index contributed by atoms with van der Waals surface area (Å²) in [4.78, 5) is 39.3. The molecule has 1 aliphatic carbocycles. The maximum Gasteiger partial charge on any atom is 0.229 e. The molecular weight excluding hydrogens is 370 g/mol. The minimum absolute atomic E-state index is 0.0482. The van der Waals surface area contributed by atoms with Crippen molar-refractivity contribution in [3.8, 4) is 0 Å². The van der Waals surface area contributed by atoms with Crippen LogP contribution in [-0.2, 0) is 9.59 Å². The molecule has 0 radical (unpaired) electrons. The van der Waals surface area contributed by atoms with Crippen molar-refractivity contribution in [2.24, 2.45) is 5.41 Å². The quantitative estimate of drug-likeness (QED) is 0.713. The molecule has 1 aromatic rings. The molecular formula is C21H31N5O3. The Hall–Kier alpha value is -2.06. The first-order chi connectivity index (χ1) is 14.0. The Morgan fingerprint density at radius 3 is 2.34 bits per heavy atom. The average molecular weight is 402 g/mol. The first-order valence-electron chi connectivity index (χ1n) is 10.8. The van der Waals surface area contributed by atoms with E-state index < -0.39 is 6.10 Å². The van der Waals surface area contributed by atoms with Gasteiger partial charge in [0.1, 0.15) is 5.82 Å². The Balaban J connectivity index is 1.20. The van der Waals surface area contributed by atoms with Gasteiger partial charge in [-0.25, -0.2) is 4.98 Å². The molecule has 29 heavy (non-hydrogen) atoms. The molecule has 158 valence electrons. The molecule has 1 saturated carbocycles. The Bertz CT molecular complexity index is 694. The van der Waals surface area contributed by atoms with Crippen LogP contribution in [0.3, 0.4) is 0 Å². The lowest BCUT2D eigenvalue weighted by atomic mass is 9.76. The second-order valence-electron chi connectivity index (χ2n) is 8.79. The molecule has 4 rings (SSSR count). The highest BCUT2D eigenvalue weighted by Crippen LogP contribution is 2.46. The van der Waals surface area contributed by atoms with Gasteiger partial charge in [-0.3, -0.25) is 24.4 Å². The van der Waals surface area contributed by atoms with Crippen LogP contribution in [0, 0.1) is 5.41 Å². The molecule has 1 N–H and O–H groups in total. The van der Waals surface area contributed by atoms with Gasteiger partial charge in [0.05, 0.1) is 12.3 Å². The molecule has 2 saturated heterocycles. The minimum atomic E-state index is -0.541. The van der Waals surface area contributed by atoms with Crippen LogP contribution in [0.1, 0.15) is 44.9 Å². The molecule has 2 aliphatic heterocycles. The summed E-state index contributed by atoms with van der Waals surface area (Å²) in [7, 11) is 0. The summed E-state index contributed by atoms with van der Waals surface area (Å²) in [6, 6.07) is 0. The number of aliphatic hydroxyl groups excluding tert-OH is 1. The molecule has 2 amide bonds. The van der Waals surface area contributed by atoms with Crippen LogP contribution in [0.2, 0.25) is 0 Å². The third-order valence-electron chi connectivity index (χ3n) is 6.72. The molecule has 1 atom stereocenters. The van der Waals surface area contributed by atoms with Gasteiger partial charge >= 0.3 is 0 Å². The van der Waals surface area contributed by atoms with Crippen LogP contribution >= 0.6 is 0 Å².